The summed E-state index contributed by atoms with van der Waals surface area (Å²) in [5.74, 6) is -1.01. The highest BCUT2D eigenvalue weighted by atomic mass is 16.5. The topological polar surface area (TPSA) is 76.0 Å². The zero-order valence-corrected chi connectivity index (χ0v) is 14.4. The van der Waals surface area contributed by atoms with E-state index in [1.54, 1.807) is 24.3 Å². The lowest BCUT2D eigenvalue weighted by molar-refractivity contribution is -0.165. The van der Waals surface area contributed by atoms with E-state index in [0.29, 0.717) is 25.0 Å². The van der Waals surface area contributed by atoms with Crippen LogP contribution in [0.5, 0.6) is 0 Å². The van der Waals surface area contributed by atoms with E-state index >= 15 is 0 Å². The van der Waals surface area contributed by atoms with Crippen LogP contribution >= 0.6 is 0 Å². The average molecular weight is 324 g/mol. The van der Waals surface area contributed by atoms with Crippen LogP contribution in [0.15, 0.2) is 30.3 Å². The van der Waals surface area contributed by atoms with Gasteiger partial charge in [-0.25, -0.2) is 4.79 Å². The van der Waals surface area contributed by atoms with Crippen molar-refractivity contribution >= 4 is 5.97 Å². The van der Waals surface area contributed by atoms with Crippen LogP contribution in [-0.4, -0.2) is 40.6 Å². The van der Waals surface area contributed by atoms with Gasteiger partial charge in [-0.3, -0.25) is 0 Å². The Morgan fingerprint density at radius 3 is 2.22 bits per heavy atom. The summed E-state index contributed by atoms with van der Waals surface area (Å²) < 4.78 is 11.6. The summed E-state index contributed by atoms with van der Waals surface area (Å²) in [5.41, 5.74) is -0.431. The molecule has 23 heavy (non-hydrogen) atoms. The van der Waals surface area contributed by atoms with Crippen molar-refractivity contribution in [1.82, 2.24) is 0 Å². The highest BCUT2D eigenvalue weighted by Crippen LogP contribution is 2.27. The number of hydrogen-bond acceptors (Lipinski definition) is 4. The molecule has 0 aliphatic carbocycles. The fourth-order valence-corrected chi connectivity index (χ4v) is 2.18. The van der Waals surface area contributed by atoms with Crippen molar-refractivity contribution in [3.8, 4) is 0 Å². The molecule has 1 aromatic rings. The Bertz CT molecular complexity index is 481. The largest absolute Gasteiger partial charge is 0.479 e. The quantitative estimate of drug-likeness (QED) is 0.691. The summed E-state index contributed by atoms with van der Waals surface area (Å²) in [6, 6.07) is 8.92. The first kappa shape index (κ1) is 19.6. The van der Waals surface area contributed by atoms with Crippen molar-refractivity contribution in [2.45, 2.75) is 57.8 Å². The van der Waals surface area contributed by atoms with Crippen LogP contribution in [0.2, 0.25) is 0 Å². The van der Waals surface area contributed by atoms with Crippen molar-refractivity contribution < 1.29 is 24.5 Å². The van der Waals surface area contributed by atoms with Crippen molar-refractivity contribution in [2.24, 2.45) is 0 Å². The van der Waals surface area contributed by atoms with Crippen LogP contribution in [0.25, 0.3) is 0 Å². The molecule has 1 rings (SSSR count). The number of carboxylic acids is 1. The van der Waals surface area contributed by atoms with Gasteiger partial charge in [0.15, 0.2) is 6.10 Å². The molecular weight excluding hydrogens is 296 g/mol. The summed E-state index contributed by atoms with van der Waals surface area (Å²) in [5, 5.41) is 18.4. The Morgan fingerprint density at radius 1 is 1.09 bits per heavy atom. The Kier molecular flexibility index (Phi) is 7.19. The summed E-state index contributed by atoms with van der Waals surface area (Å²) in [6.07, 6.45) is 0.103. The van der Waals surface area contributed by atoms with Gasteiger partial charge in [0.25, 0.3) is 0 Å². The van der Waals surface area contributed by atoms with E-state index in [0.717, 1.165) is 0 Å². The summed E-state index contributed by atoms with van der Waals surface area (Å²) >= 11 is 0. The lowest BCUT2D eigenvalue weighted by atomic mass is 10.0. The third kappa shape index (κ3) is 7.12. The summed E-state index contributed by atoms with van der Waals surface area (Å²) in [6.45, 7) is 8.05. The van der Waals surface area contributed by atoms with E-state index < -0.39 is 23.3 Å². The fourth-order valence-electron chi connectivity index (χ4n) is 2.18. The third-order valence-electron chi connectivity index (χ3n) is 3.67. The molecule has 2 N–H and O–H groups in total. The maximum absolute atomic E-state index is 11.5. The first-order valence-corrected chi connectivity index (χ1v) is 7.87. The van der Waals surface area contributed by atoms with Gasteiger partial charge in [-0.05, 0) is 46.1 Å². The van der Waals surface area contributed by atoms with Crippen molar-refractivity contribution in [3.63, 3.8) is 0 Å². The number of carbonyl (C=O) groups is 1. The van der Waals surface area contributed by atoms with Gasteiger partial charge in [0.05, 0.1) is 17.8 Å². The smallest absolute Gasteiger partial charge is 0.337 e. The van der Waals surface area contributed by atoms with E-state index in [4.69, 9.17) is 14.6 Å². The Balaban J connectivity index is 2.63. The minimum Gasteiger partial charge on any atom is -0.479 e. The van der Waals surface area contributed by atoms with Gasteiger partial charge in [0.1, 0.15) is 0 Å². The van der Waals surface area contributed by atoms with Gasteiger partial charge in [0.2, 0.25) is 0 Å². The number of aliphatic carboxylic acids is 1. The van der Waals surface area contributed by atoms with Crippen molar-refractivity contribution in [1.29, 1.82) is 0 Å². The van der Waals surface area contributed by atoms with Gasteiger partial charge in [-0.15, -0.1) is 0 Å². The first-order valence-electron chi connectivity index (χ1n) is 7.87. The highest BCUT2D eigenvalue weighted by molar-refractivity contribution is 5.74. The zero-order chi connectivity index (χ0) is 17.5. The minimum atomic E-state index is -1.01. The molecule has 1 atom stereocenters. The molecule has 0 bridgehead atoms. The fraction of sp³-hybridized carbons (Fsp3) is 0.611. The molecule has 130 valence electrons. The second-order valence-corrected chi connectivity index (χ2v) is 6.84. The van der Waals surface area contributed by atoms with Crippen LogP contribution in [0.3, 0.4) is 0 Å². The second-order valence-electron chi connectivity index (χ2n) is 6.84. The monoisotopic (exact) mass is 324 g/mol. The molecule has 0 amide bonds. The number of ether oxygens (including phenoxy) is 2. The molecule has 0 spiro atoms. The predicted molar refractivity (Wildman–Crippen MR) is 88.3 cm³/mol. The van der Waals surface area contributed by atoms with E-state index in [-0.39, 0.29) is 6.61 Å². The molecule has 0 saturated carbocycles. The maximum atomic E-state index is 11.5. The van der Waals surface area contributed by atoms with Gasteiger partial charge in [0, 0.05) is 6.61 Å². The molecule has 0 heterocycles. The number of carboxylic acid groups (broad SMARTS) is 1. The SMILES string of the molecule is CC(C)(CCO)OCCC(C)(C)OC(C(=O)O)c1ccccc1. The van der Waals surface area contributed by atoms with Crippen molar-refractivity contribution in [3.05, 3.63) is 35.9 Å². The Labute approximate surface area is 138 Å². The van der Waals surface area contributed by atoms with Gasteiger partial charge in [-0.2, -0.15) is 0 Å². The first-order chi connectivity index (χ1) is 10.7. The molecule has 1 unspecified atom stereocenters. The number of aliphatic hydroxyl groups is 1. The molecule has 0 aliphatic heterocycles. The normalized spacial score (nSPS) is 13.8. The lowest BCUT2D eigenvalue weighted by Crippen LogP contribution is -2.34. The van der Waals surface area contributed by atoms with Crippen molar-refractivity contribution in [2.75, 3.05) is 13.2 Å². The van der Waals surface area contributed by atoms with Gasteiger partial charge >= 0.3 is 5.97 Å². The van der Waals surface area contributed by atoms with Crippen LogP contribution < -0.4 is 0 Å². The predicted octanol–water partition coefficient (Wildman–Crippen LogP) is 3.18. The van der Waals surface area contributed by atoms with Gasteiger partial charge < -0.3 is 19.7 Å². The van der Waals surface area contributed by atoms with Gasteiger partial charge in [-0.1, -0.05) is 30.3 Å². The van der Waals surface area contributed by atoms with Crippen LogP contribution in [0.1, 0.15) is 52.2 Å². The number of rotatable bonds is 10. The molecule has 1 aromatic carbocycles. The molecular formula is C18H28O5. The molecule has 0 fully saturated rings. The second kappa shape index (κ2) is 8.43. The lowest BCUT2D eigenvalue weighted by Gasteiger charge is -2.31. The molecule has 0 saturated heterocycles. The standard InChI is InChI=1S/C18H28O5/c1-17(2,10-12-19)22-13-11-18(3,4)23-15(16(20)21)14-8-6-5-7-9-14/h5-9,15,19H,10-13H2,1-4H3,(H,20,21). The van der Waals surface area contributed by atoms with E-state index in [1.807, 2.05) is 33.8 Å². The highest BCUT2D eigenvalue weighted by Gasteiger charge is 2.30. The molecule has 5 nitrogen and oxygen atoms in total. The minimum absolute atomic E-state index is 0.0714. The molecule has 0 aliphatic rings. The van der Waals surface area contributed by atoms with Crippen LogP contribution in [0.4, 0.5) is 0 Å². The molecule has 0 radical (unpaired) electrons. The van der Waals surface area contributed by atoms with Crippen LogP contribution in [0, 0.1) is 0 Å². The van der Waals surface area contributed by atoms with Crippen LogP contribution in [-0.2, 0) is 14.3 Å². The van der Waals surface area contributed by atoms with E-state index in [9.17, 15) is 9.90 Å². The maximum Gasteiger partial charge on any atom is 0.337 e. The average Bonchev–Trinajstić information content (AvgIpc) is 2.45. The third-order valence-corrected chi connectivity index (χ3v) is 3.67. The molecule has 5 heteroatoms. The summed E-state index contributed by atoms with van der Waals surface area (Å²) in [7, 11) is 0. The number of aliphatic hydroxyl groups excluding tert-OH is 1. The van der Waals surface area contributed by atoms with E-state index in [1.165, 1.54) is 0 Å². The molecule has 0 aromatic heterocycles. The Morgan fingerprint density at radius 2 is 1.70 bits per heavy atom. The number of hydrogen-bond donors (Lipinski definition) is 2. The Hall–Kier alpha value is -1.43. The number of benzene rings is 1. The summed E-state index contributed by atoms with van der Waals surface area (Å²) in [4.78, 5) is 11.5. The zero-order valence-electron chi connectivity index (χ0n) is 14.4. The van der Waals surface area contributed by atoms with E-state index in [2.05, 4.69) is 0 Å².